The lowest BCUT2D eigenvalue weighted by atomic mass is 9.80. The molecule has 0 aliphatic heterocycles. The average Bonchev–Trinajstić information content (AvgIpc) is 3.08. The number of nitrogens with zero attached hydrogens (tertiary/aromatic N) is 1. The number of ether oxygens (including phenoxy) is 8. The van der Waals surface area contributed by atoms with Crippen LogP contribution in [-0.4, -0.2) is 115 Å². The Bertz CT molecular complexity index is 1300. The van der Waals surface area contributed by atoms with E-state index in [-0.39, 0.29) is 38.5 Å². The molecule has 264 valence electrons. The highest BCUT2D eigenvalue weighted by Crippen LogP contribution is 2.24. The molecule has 15 nitrogen and oxygen atoms in total. The number of para-hydroxylation sites is 1. The molecule has 2 rings (SSSR count). The van der Waals surface area contributed by atoms with Crippen molar-refractivity contribution in [2.75, 3.05) is 79.0 Å². The second-order valence-corrected chi connectivity index (χ2v) is 11.3. The van der Waals surface area contributed by atoms with Crippen LogP contribution in [0.5, 0.6) is 0 Å². The topological polar surface area (TPSA) is 186 Å². The molecule has 16 heteroatoms. The van der Waals surface area contributed by atoms with Gasteiger partial charge in [-0.1, -0.05) is 42.5 Å². The van der Waals surface area contributed by atoms with Crippen LogP contribution in [0.3, 0.4) is 0 Å². The van der Waals surface area contributed by atoms with Crippen LogP contribution in [-0.2, 0) is 54.1 Å². The molecule has 2 unspecified atom stereocenters. The van der Waals surface area contributed by atoms with E-state index in [1.54, 1.807) is 0 Å². The first-order valence-corrected chi connectivity index (χ1v) is 15.0. The van der Waals surface area contributed by atoms with Crippen molar-refractivity contribution in [3.8, 4) is 0 Å². The maximum Gasteiger partial charge on any atom is 0.508 e. The molecular weight excluding hydrogens is 633 g/mol. The van der Waals surface area contributed by atoms with Crippen LogP contribution >= 0.6 is 0 Å². The molecular formula is C32H44BNO14. The molecule has 0 fully saturated rings. The Morgan fingerprint density at radius 2 is 1.21 bits per heavy atom. The summed E-state index contributed by atoms with van der Waals surface area (Å²) < 4.78 is 41.2. The minimum absolute atomic E-state index is 0.0654. The Kier molecular flexibility index (Phi) is 16.7. The Hall–Kier alpha value is -4.38. The van der Waals surface area contributed by atoms with Gasteiger partial charge in [0.2, 0.25) is 0 Å². The summed E-state index contributed by atoms with van der Waals surface area (Å²) in [5.41, 5.74) is -1.38. The number of hydrogen-bond acceptors (Lipinski definition) is 15. The van der Waals surface area contributed by atoms with Crippen LogP contribution < -0.4 is 10.4 Å². The predicted molar refractivity (Wildman–Crippen MR) is 171 cm³/mol. The summed E-state index contributed by atoms with van der Waals surface area (Å²) in [4.78, 5) is 52.7. The number of rotatable bonds is 20. The number of carbonyl (C=O) groups excluding carboxylic acids is 4. The molecule has 0 aliphatic carbocycles. The van der Waals surface area contributed by atoms with E-state index in [0.29, 0.717) is 12.1 Å². The van der Waals surface area contributed by atoms with Gasteiger partial charge in [-0.05, 0) is 37.0 Å². The number of methoxy groups -OCH3 is 2. The van der Waals surface area contributed by atoms with Crippen LogP contribution in [0.4, 0.5) is 15.3 Å². The highest BCUT2D eigenvalue weighted by molar-refractivity contribution is 6.58. The zero-order chi connectivity index (χ0) is 35.6. The largest absolute Gasteiger partial charge is 0.508 e. The molecule has 0 bridgehead atoms. The van der Waals surface area contributed by atoms with E-state index >= 15 is 0 Å². The van der Waals surface area contributed by atoms with Crippen molar-refractivity contribution in [1.82, 2.24) is 0 Å². The van der Waals surface area contributed by atoms with Crippen molar-refractivity contribution in [1.29, 1.82) is 0 Å². The Labute approximate surface area is 280 Å². The SMILES string of the molecule is COCCOC(=O)OCC(C)(COC(=O)OCC(C)(COC)C(=O)OCCN(C)c1ccccc1)C(=O)OCc1ccc(B(O)O)cc1. The van der Waals surface area contributed by atoms with Gasteiger partial charge in [0, 0.05) is 27.0 Å². The van der Waals surface area contributed by atoms with Crippen LogP contribution in [0, 0.1) is 10.8 Å². The molecule has 0 aromatic heterocycles. The van der Waals surface area contributed by atoms with Crippen molar-refractivity contribution >= 4 is 42.5 Å². The van der Waals surface area contributed by atoms with Gasteiger partial charge >= 0.3 is 31.4 Å². The molecule has 0 aliphatic rings. The third-order valence-corrected chi connectivity index (χ3v) is 6.99. The van der Waals surface area contributed by atoms with Crippen molar-refractivity contribution in [3.63, 3.8) is 0 Å². The molecule has 0 saturated carbocycles. The average molecular weight is 678 g/mol. The number of carbonyl (C=O) groups is 4. The first-order valence-electron chi connectivity index (χ1n) is 15.0. The third-order valence-electron chi connectivity index (χ3n) is 6.99. The van der Waals surface area contributed by atoms with Crippen molar-refractivity contribution in [3.05, 3.63) is 60.2 Å². The van der Waals surface area contributed by atoms with Gasteiger partial charge < -0.3 is 52.8 Å². The summed E-state index contributed by atoms with van der Waals surface area (Å²) in [7, 11) is 3.00. The number of likely N-dealkylation sites (N-methyl/N-ethyl adjacent to an activating group) is 1. The number of benzene rings is 2. The van der Waals surface area contributed by atoms with Gasteiger partial charge in [-0.25, -0.2) is 9.59 Å². The Morgan fingerprint density at radius 3 is 1.75 bits per heavy atom. The summed E-state index contributed by atoms with van der Waals surface area (Å²) in [5.74, 6) is -1.55. The summed E-state index contributed by atoms with van der Waals surface area (Å²) in [6, 6.07) is 15.5. The van der Waals surface area contributed by atoms with E-state index in [0.717, 1.165) is 5.69 Å². The van der Waals surface area contributed by atoms with E-state index in [1.807, 2.05) is 42.3 Å². The van der Waals surface area contributed by atoms with E-state index in [9.17, 15) is 29.2 Å². The van der Waals surface area contributed by atoms with Crippen molar-refractivity contribution in [2.24, 2.45) is 10.8 Å². The van der Waals surface area contributed by atoms with E-state index in [1.165, 1.54) is 52.3 Å². The molecule has 0 heterocycles. The second-order valence-electron chi connectivity index (χ2n) is 11.3. The Balaban J connectivity index is 1.99. The minimum atomic E-state index is -1.71. The highest BCUT2D eigenvalue weighted by Gasteiger charge is 2.41. The fourth-order valence-electron chi connectivity index (χ4n) is 3.95. The second kappa shape index (κ2) is 20.1. The fourth-order valence-corrected chi connectivity index (χ4v) is 3.95. The summed E-state index contributed by atoms with van der Waals surface area (Å²) in [5, 5.41) is 18.5. The maximum atomic E-state index is 13.2. The molecule has 2 atom stereocenters. The van der Waals surface area contributed by atoms with Crippen molar-refractivity contribution < 1.29 is 67.1 Å². The molecule has 0 spiro atoms. The van der Waals surface area contributed by atoms with Gasteiger partial charge in [0.05, 0.1) is 19.8 Å². The highest BCUT2D eigenvalue weighted by atomic mass is 16.7. The summed E-state index contributed by atoms with van der Waals surface area (Å²) >= 11 is 0. The van der Waals surface area contributed by atoms with Crippen LogP contribution in [0.25, 0.3) is 0 Å². The maximum absolute atomic E-state index is 13.2. The zero-order valence-corrected chi connectivity index (χ0v) is 27.9. The Morgan fingerprint density at radius 1 is 0.667 bits per heavy atom. The van der Waals surface area contributed by atoms with Crippen LogP contribution in [0.15, 0.2) is 54.6 Å². The normalized spacial score (nSPS) is 13.2. The molecule has 0 saturated heterocycles. The quantitative estimate of drug-likeness (QED) is 0.0892. The first-order chi connectivity index (χ1) is 22.8. The molecule has 0 amide bonds. The third kappa shape index (κ3) is 13.4. The minimum Gasteiger partial charge on any atom is -0.463 e. The van der Waals surface area contributed by atoms with Gasteiger partial charge in [0.1, 0.15) is 50.5 Å². The summed E-state index contributed by atoms with van der Waals surface area (Å²) in [6.07, 6.45) is -2.30. The zero-order valence-electron chi connectivity index (χ0n) is 27.9. The monoisotopic (exact) mass is 677 g/mol. The lowest BCUT2D eigenvalue weighted by molar-refractivity contribution is -0.163. The number of anilines is 1. The smallest absolute Gasteiger partial charge is 0.463 e. The first kappa shape index (κ1) is 39.8. The van der Waals surface area contributed by atoms with Gasteiger partial charge in [0.25, 0.3) is 0 Å². The lowest BCUT2D eigenvalue weighted by Crippen LogP contribution is -2.42. The number of esters is 2. The van der Waals surface area contributed by atoms with E-state index in [4.69, 9.17) is 37.9 Å². The predicted octanol–water partition coefficient (Wildman–Crippen LogP) is 1.70. The van der Waals surface area contributed by atoms with Gasteiger partial charge in [-0.15, -0.1) is 0 Å². The van der Waals surface area contributed by atoms with E-state index in [2.05, 4.69) is 0 Å². The standard InChI is InChI=1S/C32H44BNO14/c1-31(20-42-5,27(35)43-16-15-34(3)26-9-7-6-8-10-26)21-47-30(38)48-23-32(2,22-46-29(37)44-18-17-41-4)28(36)45-19-24-11-13-25(14-12-24)33(39)40/h6-14,39-40H,15-23H2,1-5H3. The van der Waals surface area contributed by atoms with Gasteiger partial charge in [0.15, 0.2) is 0 Å². The van der Waals surface area contributed by atoms with Gasteiger partial charge in [-0.3, -0.25) is 9.59 Å². The van der Waals surface area contributed by atoms with Crippen LogP contribution in [0.2, 0.25) is 0 Å². The fraction of sp³-hybridized carbons (Fsp3) is 0.500. The van der Waals surface area contributed by atoms with Crippen LogP contribution in [0.1, 0.15) is 19.4 Å². The number of hydrogen-bond donors (Lipinski definition) is 2. The lowest BCUT2D eigenvalue weighted by Gasteiger charge is -2.28. The van der Waals surface area contributed by atoms with E-state index < -0.39 is 62.0 Å². The molecule has 2 aromatic rings. The van der Waals surface area contributed by atoms with Gasteiger partial charge in [-0.2, -0.15) is 0 Å². The molecule has 0 radical (unpaired) electrons. The summed E-state index contributed by atoms with van der Waals surface area (Å²) in [6.45, 7) is 1.31. The van der Waals surface area contributed by atoms with Crippen molar-refractivity contribution in [2.45, 2.75) is 20.5 Å². The molecule has 2 aromatic carbocycles. The molecule has 2 N–H and O–H groups in total. The molecule has 48 heavy (non-hydrogen) atoms.